The Morgan fingerprint density at radius 3 is 2.00 bits per heavy atom. The smallest absolute Gasteiger partial charge is 0.116 e. The first kappa shape index (κ1) is 11.1. The van der Waals surface area contributed by atoms with Gasteiger partial charge in [0.05, 0.1) is 5.52 Å². The zero-order chi connectivity index (χ0) is 12.0. The number of hydrogen-bond donors (Lipinski definition) is 0. The van der Waals surface area contributed by atoms with Gasteiger partial charge < -0.3 is 0 Å². The van der Waals surface area contributed by atoms with Gasteiger partial charge in [-0.25, -0.2) is 4.68 Å². The van der Waals surface area contributed by atoms with Crippen molar-refractivity contribution in [2.45, 2.75) is 47.6 Å². The number of aromatic nitrogens is 3. The number of hydrogen-bond acceptors (Lipinski definition) is 2. The molecule has 86 valence electrons. The van der Waals surface area contributed by atoms with Gasteiger partial charge in [-0.2, -0.15) is 0 Å². The first-order chi connectivity index (χ1) is 7.45. The van der Waals surface area contributed by atoms with Crippen LogP contribution < -0.4 is 0 Å². The highest BCUT2D eigenvalue weighted by atomic mass is 15.4. The summed E-state index contributed by atoms with van der Waals surface area (Å²) in [5.41, 5.74) is 7.49. The molecule has 3 heteroatoms. The van der Waals surface area contributed by atoms with E-state index in [-0.39, 0.29) is 0 Å². The van der Waals surface area contributed by atoms with Crippen LogP contribution in [0.3, 0.4) is 0 Å². The third-order valence-corrected chi connectivity index (χ3v) is 3.58. The Morgan fingerprint density at radius 2 is 1.44 bits per heavy atom. The van der Waals surface area contributed by atoms with Gasteiger partial charge >= 0.3 is 0 Å². The van der Waals surface area contributed by atoms with Crippen LogP contribution in [-0.2, 0) is 0 Å². The fourth-order valence-corrected chi connectivity index (χ4v) is 2.17. The molecular weight excluding hydrogens is 198 g/mol. The van der Waals surface area contributed by atoms with E-state index in [4.69, 9.17) is 0 Å². The van der Waals surface area contributed by atoms with E-state index < -0.39 is 0 Å². The van der Waals surface area contributed by atoms with Gasteiger partial charge in [0.2, 0.25) is 0 Å². The maximum Gasteiger partial charge on any atom is 0.116 e. The van der Waals surface area contributed by atoms with Crippen LogP contribution in [0, 0.1) is 27.7 Å². The maximum absolute atomic E-state index is 4.32. The van der Waals surface area contributed by atoms with E-state index >= 15 is 0 Å². The zero-order valence-electron chi connectivity index (χ0n) is 10.9. The molecule has 2 rings (SSSR count). The lowest BCUT2D eigenvalue weighted by Crippen LogP contribution is -2.05. The zero-order valence-corrected chi connectivity index (χ0v) is 10.9. The lowest BCUT2D eigenvalue weighted by molar-refractivity contribution is 0.529. The van der Waals surface area contributed by atoms with Crippen LogP contribution in [0.25, 0.3) is 11.0 Å². The summed E-state index contributed by atoms with van der Waals surface area (Å²) in [5.74, 6) is 0. The van der Waals surface area contributed by atoms with E-state index in [0.717, 1.165) is 5.52 Å². The molecule has 1 aromatic carbocycles. The molecule has 16 heavy (non-hydrogen) atoms. The molecule has 0 saturated heterocycles. The Balaban J connectivity index is 2.94. The summed E-state index contributed by atoms with van der Waals surface area (Å²) >= 11 is 0. The molecule has 0 aliphatic carbocycles. The summed E-state index contributed by atoms with van der Waals surface area (Å²) in [6.07, 6.45) is 0. The van der Waals surface area contributed by atoms with Gasteiger partial charge in [0, 0.05) is 6.04 Å². The van der Waals surface area contributed by atoms with E-state index in [2.05, 4.69) is 51.9 Å². The van der Waals surface area contributed by atoms with Gasteiger partial charge in [-0.3, -0.25) is 0 Å². The second kappa shape index (κ2) is 3.58. The molecule has 1 heterocycles. The molecule has 0 atom stereocenters. The number of rotatable bonds is 1. The molecule has 3 nitrogen and oxygen atoms in total. The van der Waals surface area contributed by atoms with Crippen molar-refractivity contribution in [1.29, 1.82) is 0 Å². The van der Waals surface area contributed by atoms with Crippen molar-refractivity contribution in [3.63, 3.8) is 0 Å². The number of nitrogens with zero attached hydrogens (tertiary/aromatic N) is 3. The van der Waals surface area contributed by atoms with Gasteiger partial charge in [-0.15, -0.1) is 5.10 Å². The second-order valence-corrected chi connectivity index (χ2v) is 4.82. The predicted octanol–water partition coefficient (Wildman–Crippen LogP) is 3.25. The molecule has 0 amide bonds. The van der Waals surface area contributed by atoms with E-state index in [1.165, 1.54) is 27.8 Å². The van der Waals surface area contributed by atoms with E-state index in [9.17, 15) is 0 Å². The Hall–Kier alpha value is -1.38. The Labute approximate surface area is 96.5 Å². The van der Waals surface area contributed by atoms with Crippen molar-refractivity contribution in [1.82, 2.24) is 15.0 Å². The van der Waals surface area contributed by atoms with E-state index in [1.54, 1.807) is 0 Å². The summed E-state index contributed by atoms with van der Waals surface area (Å²) < 4.78 is 2.02. The first-order valence-electron chi connectivity index (χ1n) is 5.76. The highest BCUT2D eigenvalue weighted by molar-refractivity contribution is 5.84. The average molecular weight is 217 g/mol. The number of aryl methyl sites for hydroxylation is 2. The van der Waals surface area contributed by atoms with E-state index in [0.29, 0.717) is 6.04 Å². The topological polar surface area (TPSA) is 30.7 Å². The second-order valence-electron chi connectivity index (χ2n) is 4.82. The van der Waals surface area contributed by atoms with Crippen LogP contribution in [0.5, 0.6) is 0 Å². The van der Waals surface area contributed by atoms with Gasteiger partial charge in [-0.05, 0) is 63.8 Å². The van der Waals surface area contributed by atoms with Crippen molar-refractivity contribution >= 4 is 11.0 Å². The monoisotopic (exact) mass is 217 g/mol. The molecule has 1 aromatic heterocycles. The third-order valence-electron chi connectivity index (χ3n) is 3.58. The summed E-state index contributed by atoms with van der Waals surface area (Å²) in [7, 11) is 0. The molecule has 0 spiro atoms. The fraction of sp³-hybridized carbons (Fsp3) is 0.538. The van der Waals surface area contributed by atoms with Crippen LogP contribution in [0.2, 0.25) is 0 Å². The molecule has 0 unspecified atom stereocenters. The molecule has 0 fully saturated rings. The van der Waals surface area contributed by atoms with Gasteiger partial charge in [0.25, 0.3) is 0 Å². The molecule has 0 N–H and O–H groups in total. The van der Waals surface area contributed by atoms with Gasteiger partial charge in [0.15, 0.2) is 0 Å². The molecular formula is C13H19N3. The minimum Gasteiger partial charge on any atom is -0.242 e. The molecule has 0 radical (unpaired) electrons. The molecule has 2 aromatic rings. The Bertz CT molecular complexity index is 550. The van der Waals surface area contributed by atoms with Gasteiger partial charge in [-0.1, -0.05) is 5.21 Å². The Kier molecular flexibility index (Phi) is 2.49. The standard InChI is InChI=1S/C13H19N3/c1-7(2)16-13-11(6)9(4)8(3)10(5)12(13)14-15-16/h7H,1-6H3. The van der Waals surface area contributed by atoms with Crippen LogP contribution >= 0.6 is 0 Å². The third kappa shape index (κ3) is 1.34. The minimum atomic E-state index is 0.352. The summed E-state index contributed by atoms with van der Waals surface area (Å²) in [6, 6.07) is 0.352. The summed E-state index contributed by atoms with van der Waals surface area (Å²) in [6.45, 7) is 12.9. The van der Waals surface area contributed by atoms with Crippen LogP contribution in [0.4, 0.5) is 0 Å². The highest BCUT2D eigenvalue weighted by Gasteiger charge is 2.16. The lowest BCUT2D eigenvalue weighted by Gasteiger charge is -2.13. The lowest BCUT2D eigenvalue weighted by atomic mass is 9.97. The number of fused-ring (bicyclic) bond motifs is 1. The van der Waals surface area contributed by atoms with Crippen molar-refractivity contribution < 1.29 is 0 Å². The predicted molar refractivity (Wildman–Crippen MR) is 66.9 cm³/mol. The quantitative estimate of drug-likeness (QED) is 0.734. The summed E-state index contributed by atoms with van der Waals surface area (Å²) in [5, 5.41) is 8.58. The molecule has 0 aliphatic heterocycles. The van der Waals surface area contributed by atoms with Crippen LogP contribution in [-0.4, -0.2) is 15.0 Å². The van der Waals surface area contributed by atoms with Crippen molar-refractivity contribution in [3.05, 3.63) is 22.3 Å². The molecule has 0 aliphatic rings. The Morgan fingerprint density at radius 1 is 0.875 bits per heavy atom. The largest absolute Gasteiger partial charge is 0.242 e. The van der Waals surface area contributed by atoms with Crippen molar-refractivity contribution in [2.24, 2.45) is 0 Å². The number of benzene rings is 1. The van der Waals surface area contributed by atoms with E-state index in [1.807, 2.05) is 4.68 Å². The summed E-state index contributed by atoms with van der Waals surface area (Å²) in [4.78, 5) is 0. The SMILES string of the molecule is Cc1c(C)c(C)c2c(nnn2C(C)C)c1C. The molecule has 0 bridgehead atoms. The normalized spacial score (nSPS) is 11.7. The maximum atomic E-state index is 4.32. The fourth-order valence-electron chi connectivity index (χ4n) is 2.17. The van der Waals surface area contributed by atoms with Gasteiger partial charge in [0.1, 0.15) is 5.52 Å². The highest BCUT2D eigenvalue weighted by Crippen LogP contribution is 2.28. The van der Waals surface area contributed by atoms with Crippen molar-refractivity contribution in [3.8, 4) is 0 Å². The molecule has 0 saturated carbocycles. The first-order valence-corrected chi connectivity index (χ1v) is 5.76. The van der Waals surface area contributed by atoms with Crippen LogP contribution in [0.15, 0.2) is 0 Å². The van der Waals surface area contributed by atoms with Crippen molar-refractivity contribution in [2.75, 3.05) is 0 Å². The minimum absolute atomic E-state index is 0.352. The average Bonchev–Trinajstić information content (AvgIpc) is 2.67. The van der Waals surface area contributed by atoms with Crippen LogP contribution in [0.1, 0.15) is 42.1 Å².